The maximum Gasteiger partial charge on any atom is 0.258 e. The number of amides is 1. The SMILES string of the molecule is CCCn1cc(CN=C(NC(=O)c2ccc(OC)c(OC)c2)Nc2ccc(F)cc2)c(C)n1. The van der Waals surface area contributed by atoms with Crippen molar-refractivity contribution >= 4 is 17.6 Å². The molecule has 9 heteroatoms. The molecule has 2 aromatic carbocycles. The number of methoxy groups -OCH3 is 2. The number of benzene rings is 2. The second-order valence-corrected chi connectivity index (χ2v) is 7.32. The number of nitrogens with zero attached hydrogens (tertiary/aromatic N) is 3. The molecule has 0 aliphatic heterocycles. The molecule has 1 heterocycles. The molecule has 0 saturated heterocycles. The van der Waals surface area contributed by atoms with E-state index in [-0.39, 0.29) is 17.7 Å². The highest BCUT2D eigenvalue weighted by Gasteiger charge is 2.14. The summed E-state index contributed by atoms with van der Waals surface area (Å²) in [4.78, 5) is 17.5. The summed E-state index contributed by atoms with van der Waals surface area (Å²) in [7, 11) is 3.03. The van der Waals surface area contributed by atoms with E-state index in [0.717, 1.165) is 24.2 Å². The monoisotopic (exact) mass is 453 g/mol. The van der Waals surface area contributed by atoms with Crippen LogP contribution in [0.4, 0.5) is 10.1 Å². The number of hydrogen-bond acceptors (Lipinski definition) is 5. The lowest BCUT2D eigenvalue weighted by Crippen LogP contribution is -2.36. The molecular formula is C24H28FN5O3. The van der Waals surface area contributed by atoms with Gasteiger partial charge in [-0.25, -0.2) is 9.38 Å². The van der Waals surface area contributed by atoms with Gasteiger partial charge in [-0.05, 0) is 55.8 Å². The average Bonchev–Trinajstić information content (AvgIpc) is 3.17. The number of aliphatic imine (C=N–C) groups is 1. The van der Waals surface area contributed by atoms with Gasteiger partial charge in [-0.15, -0.1) is 0 Å². The Morgan fingerprint density at radius 2 is 1.85 bits per heavy atom. The third-order valence-corrected chi connectivity index (χ3v) is 4.89. The molecule has 0 fully saturated rings. The molecule has 33 heavy (non-hydrogen) atoms. The Bertz CT molecular complexity index is 1130. The highest BCUT2D eigenvalue weighted by molar-refractivity contribution is 6.10. The fourth-order valence-corrected chi connectivity index (χ4v) is 3.16. The summed E-state index contributed by atoms with van der Waals surface area (Å²) < 4.78 is 25.7. The minimum Gasteiger partial charge on any atom is -0.493 e. The summed E-state index contributed by atoms with van der Waals surface area (Å²) >= 11 is 0. The molecule has 8 nitrogen and oxygen atoms in total. The number of hydrogen-bond donors (Lipinski definition) is 2. The molecular weight excluding hydrogens is 425 g/mol. The number of aromatic nitrogens is 2. The number of nitrogens with one attached hydrogen (secondary N) is 2. The van der Waals surface area contributed by atoms with Crippen molar-refractivity contribution in [3.8, 4) is 11.5 Å². The van der Waals surface area contributed by atoms with Crippen molar-refractivity contribution < 1.29 is 18.7 Å². The minimum absolute atomic E-state index is 0.226. The van der Waals surface area contributed by atoms with Gasteiger partial charge in [0.25, 0.3) is 5.91 Å². The Morgan fingerprint density at radius 3 is 2.52 bits per heavy atom. The normalized spacial score (nSPS) is 11.2. The number of aryl methyl sites for hydroxylation is 2. The fourth-order valence-electron chi connectivity index (χ4n) is 3.16. The molecule has 1 amide bonds. The second kappa shape index (κ2) is 11.1. The number of guanidine groups is 1. The minimum atomic E-state index is -0.386. The van der Waals surface area contributed by atoms with Gasteiger partial charge < -0.3 is 14.8 Å². The predicted molar refractivity (Wildman–Crippen MR) is 125 cm³/mol. The molecule has 0 bridgehead atoms. The van der Waals surface area contributed by atoms with Gasteiger partial charge in [0.15, 0.2) is 11.5 Å². The molecule has 0 aliphatic rings. The van der Waals surface area contributed by atoms with Crippen molar-refractivity contribution in [1.82, 2.24) is 15.1 Å². The highest BCUT2D eigenvalue weighted by Crippen LogP contribution is 2.27. The van der Waals surface area contributed by atoms with Gasteiger partial charge in [-0.3, -0.25) is 14.8 Å². The Hall–Kier alpha value is -3.88. The fraction of sp³-hybridized carbons (Fsp3) is 0.292. The zero-order chi connectivity index (χ0) is 23.8. The molecule has 0 saturated carbocycles. The molecule has 0 radical (unpaired) electrons. The van der Waals surface area contributed by atoms with Crippen LogP contribution in [-0.4, -0.2) is 35.9 Å². The van der Waals surface area contributed by atoms with Crippen LogP contribution >= 0.6 is 0 Å². The summed E-state index contributed by atoms with van der Waals surface area (Å²) in [5.74, 6) is 0.445. The summed E-state index contributed by atoms with van der Waals surface area (Å²) in [5.41, 5.74) is 2.77. The average molecular weight is 454 g/mol. The number of halogens is 1. The van der Waals surface area contributed by atoms with Crippen LogP contribution < -0.4 is 20.1 Å². The van der Waals surface area contributed by atoms with Crippen molar-refractivity contribution in [2.75, 3.05) is 19.5 Å². The number of carbonyl (C=O) groups is 1. The van der Waals surface area contributed by atoms with E-state index >= 15 is 0 Å². The first kappa shape index (κ1) is 23.8. The third-order valence-electron chi connectivity index (χ3n) is 4.89. The van der Waals surface area contributed by atoms with Crippen molar-refractivity contribution in [2.45, 2.75) is 33.4 Å². The molecule has 0 unspecified atom stereocenters. The third kappa shape index (κ3) is 6.31. The Balaban J connectivity index is 1.84. The van der Waals surface area contributed by atoms with E-state index in [1.165, 1.54) is 26.4 Å². The number of carbonyl (C=O) groups excluding carboxylic acids is 1. The molecule has 0 aliphatic carbocycles. The van der Waals surface area contributed by atoms with Crippen LogP contribution in [0.5, 0.6) is 11.5 Å². The molecule has 3 aromatic rings. The maximum atomic E-state index is 13.3. The summed E-state index contributed by atoms with van der Waals surface area (Å²) in [6, 6.07) is 10.7. The largest absolute Gasteiger partial charge is 0.493 e. The van der Waals surface area contributed by atoms with Crippen LogP contribution in [0.25, 0.3) is 0 Å². The first-order valence-corrected chi connectivity index (χ1v) is 10.6. The predicted octanol–water partition coefficient (Wildman–Crippen LogP) is 4.16. The van der Waals surface area contributed by atoms with E-state index in [1.54, 1.807) is 30.3 Å². The van der Waals surface area contributed by atoms with Gasteiger partial charge in [-0.1, -0.05) is 6.92 Å². The van der Waals surface area contributed by atoms with Crippen LogP contribution in [0.2, 0.25) is 0 Å². The van der Waals surface area contributed by atoms with Crippen molar-refractivity contribution in [3.05, 3.63) is 71.3 Å². The molecule has 3 rings (SSSR count). The second-order valence-electron chi connectivity index (χ2n) is 7.32. The Labute approximate surface area is 192 Å². The summed E-state index contributed by atoms with van der Waals surface area (Å²) in [5, 5.41) is 10.3. The smallest absolute Gasteiger partial charge is 0.258 e. The zero-order valence-electron chi connectivity index (χ0n) is 19.2. The molecule has 0 spiro atoms. The Kier molecular flexibility index (Phi) is 8.01. The van der Waals surface area contributed by atoms with Gasteiger partial charge in [-0.2, -0.15) is 5.10 Å². The topological polar surface area (TPSA) is 89.8 Å². The van der Waals surface area contributed by atoms with Gasteiger partial charge in [0, 0.05) is 29.6 Å². The van der Waals surface area contributed by atoms with E-state index < -0.39 is 0 Å². The number of rotatable bonds is 8. The standard InChI is InChI=1S/C24H28FN5O3/c1-5-12-30-15-18(16(2)29-30)14-26-24(27-20-9-7-19(25)8-10-20)28-23(31)17-6-11-21(32-3)22(13-17)33-4/h6-11,13,15H,5,12,14H2,1-4H3,(H2,26,27,28,31). The van der Waals surface area contributed by atoms with Gasteiger partial charge >= 0.3 is 0 Å². The number of ether oxygens (including phenoxy) is 2. The lowest BCUT2D eigenvalue weighted by atomic mass is 10.2. The van der Waals surface area contributed by atoms with E-state index in [4.69, 9.17) is 9.47 Å². The van der Waals surface area contributed by atoms with Crippen molar-refractivity contribution in [3.63, 3.8) is 0 Å². The van der Waals surface area contributed by atoms with Crippen LogP contribution in [-0.2, 0) is 13.1 Å². The van der Waals surface area contributed by atoms with Crippen LogP contribution in [0.1, 0.15) is 35.0 Å². The maximum absolute atomic E-state index is 13.3. The lowest BCUT2D eigenvalue weighted by molar-refractivity contribution is 0.0976. The quantitative estimate of drug-likeness (QED) is 0.395. The van der Waals surface area contributed by atoms with Gasteiger partial charge in [0.05, 0.1) is 26.5 Å². The molecule has 0 atom stereocenters. The Morgan fingerprint density at radius 1 is 1.12 bits per heavy atom. The van der Waals surface area contributed by atoms with Crippen LogP contribution in [0.3, 0.4) is 0 Å². The van der Waals surface area contributed by atoms with Crippen LogP contribution in [0, 0.1) is 12.7 Å². The molecule has 2 N–H and O–H groups in total. The van der Waals surface area contributed by atoms with E-state index in [9.17, 15) is 9.18 Å². The lowest BCUT2D eigenvalue weighted by Gasteiger charge is -2.13. The first-order chi connectivity index (χ1) is 15.9. The molecule has 174 valence electrons. The summed E-state index contributed by atoms with van der Waals surface area (Å²) in [6.07, 6.45) is 2.93. The van der Waals surface area contributed by atoms with Crippen molar-refractivity contribution in [2.24, 2.45) is 4.99 Å². The highest BCUT2D eigenvalue weighted by atomic mass is 19.1. The first-order valence-electron chi connectivity index (χ1n) is 10.6. The van der Waals surface area contributed by atoms with Gasteiger partial charge in [0.1, 0.15) is 5.82 Å². The van der Waals surface area contributed by atoms with Crippen LogP contribution in [0.15, 0.2) is 53.7 Å². The molecule has 1 aromatic heterocycles. The van der Waals surface area contributed by atoms with E-state index in [2.05, 4.69) is 27.6 Å². The summed E-state index contributed by atoms with van der Waals surface area (Å²) in [6.45, 7) is 5.14. The van der Waals surface area contributed by atoms with E-state index in [0.29, 0.717) is 29.3 Å². The zero-order valence-corrected chi connectivity index (χ0v) is 19.2. The van der Waals surface area contributed by atoms with Gasteiger partial charge in [0.2, 0.25) is 5.96 Å². The van der Waals surface area contributed by atoms with E-state index in [1.807, 2.05) is 17.8 Å². The number of anilines is 1. The van der Waals surface area contributed by atoms with Crippen molar-refractivity contribution in [1.29, 1.82) is 0 Å².